The smallest absolute Gasteiger partial charge is 0.419 e. The molecule has 0 radical (unpaired) electrons. The molecule has 2 amide bonds. The summed E-state index contributed by atoms with van der Waals surface area (Å²) >= 11 is 18.7. The third kappa shape index (κ3) is 7.24. The Hall–Kier alpha value is -4.13. The highest BCUT2D eigenvalue weighted by molar-refractivity contribution is 6.53. The van der Waals surface area contributed by atoms with Gasteiger partial charge in [-0.25, -0.2) is 13.2 Å². The van der Waals surface area contributed by atoms with E-state index in [-0.39, 0.29) is 34.1 Å². The predicted molar refractivity (Wildman–Crippen MR) is 167 cm³/mol. The Morgan fingerprint density at radius 1 is 0.894 bits per heavy atom. The lowest BCUT2D eigenvalue weighted by Gasteiger charge is -2.14. The number of benzene rings is 4. The minimum Gasteiger partial charge on any atom is -0.497 e. The Labute approximate surface area is 279 Å². The van der Waals surface area contributed by atoms with E-state index in [0.717, 1.165) is 18.2 Å². The van der Waals surface area contributed by atoms with Crippen LogP contribution in [-0.4, -0.2) is 23.3 Å². The fourth-order valence-corrected chi connectivity index (χ4v) is 5.98. The van der Waals surface area contributed by atoms with Gasteiger partial charge in [-0.3, -0.25) is 9.59 Å². The lowest BCUT2D eigenvalue weighted by atomic mass is 10.0. The molecule has 1 aliphatic carbocycles. The largest absolute Gasteiger partial charge is 0.497 e. The van der Waals surface area contributed by atoms with E-state index in [9.17, 15) is 31.5 Å². The van der Waals surface area contributed by atoms with Gasteiger partial charge in [0.05, 0.1) is 34.9 Å². The number of hydrogen-bond acceptors (Lipinski definition) is 4. The Morgan fingerprint density at radius 3 is 2.23 bits per heavy atom. The van der Waals surface area contributed by atoms with Crippen LogP contribution in [-0.2, 0) is 17.5 Å². The highest BCUT2D eigenvalue weighted by atomic mass is 35.5. The van der Waals surface area contributed by atoms with E-state index in [1.165, 1.54) is 25.3 Å². The molecule has 4 aromatic rings. The molecule has 15 heteroatoms. The maximum Gasteiger partial charge on any atom is 0.419 e. The number of rotatable bonds is 9. The van der Waals surface area contributed by atoms with Crippen molar-refractivity contribution in [3.63, 3.8) is 0 Å². The van der Waals surface area contributed by atoms with Crippen molar-refractivity contribution in [2.75, 3.05) is 23.1 Å². The number of methoxy groups -OCH3 is 1. The number of amides is 2. The fourth-order valence-electron chi connectivity index (χ4n) is 4.95. The van der Waals surface area contributed by atoms with Crippen LogP contribution in [0.5, 0.6) is 5.75 Å². The van der Waals surface area contributed by atoms with Crippen LogP contribution in [0.4, 0.5) is 43.4 Å². The maximum atomic E-state index is 15.3. The summed E-state index contributed by atoms with van der Waals surface area (Å²) in [7, 11) is 1.50. The summed E-state index contributed by atoms with van der Waals surface area (Å²) in [6, 6.07) is 14.7. The summed E-state index contributed by atoms with van der Waals surface area (Å²) in [4.78, 5) is 26.2. The van der Waals surface area contributed by atoms with Crippen molar-refractivity contribution >= 4 is 63.7 Å². The second kappa shape index (κ2) is 13.2. The molecule has 5 rings (SSSR count). The van der Waals surface area contributed by atoms with Crippen molar-refractivity contribution in [2.24, 2.45) is 5.92 Å². The van der Waals surface area contributed by atoms with Gasteiger partial charge in [0, 0.05) is 18.2 Å². The van der Waals surface area contributed by atoms with Gasteiger partial charge in [0.25, 0.3) is 5.91 Å². The minimum absolute atomic E-state index is 0.0239. The van der Waals surface area contributed by atoms with E-state index < -0.39 is 62.9 Å². The molecule has 4 aromatic carbocycles. The Morgan fingerprint density at radius 2 is 1.57 bits per heavy atom. The molecule has 0 bridgehead atoms. The number of anilines is 3. The number of halogens is 9. The molecular formula is C32H22Cl3F6N3O3. The van der Waals surface area contributed by atoms with Crippen LogP contribution in [0.25, 0.3) is 0 Å². The Bertz CT molecular complexity index is 1850. The van der Waals surface area contributed by atoms with Crippen molar-refractivity contribution in [1.82, 2.24) is 0 Å². The Kier molecular flexibility index (Phi) is 9.59. The van der Waals surface area contributed by atoms with Crippen molar-refractivity contribution in [3.8, 4) is 5.75 Å². The topological polar surface area (TPSA) is 79.5 Å². The van der Waals surface area contributed by atoms with E-state index in [0.29, 0.717) is 23.4 Å². The fraction of sp³-hybridized carbons (Fsp3) is 0.188. The summed E-state index contributed by atoms with van der Waals surface area (Å²) in [5.74, 6) is -6.91. The van der Waals surface area contributed by atoms with Gasteiger partial charge < -0.3 is 20.7 Å². The van der Waals surface area contributed by atoms with Gasteiger partial charge >= 0.3 is 6.18 Å². The van der Waals surface area contributed by atoms with Crippen LogP contribution >= 0.6 is 34.8 Å². The molecule has 2 unspecified atom stereocenters. The standard InChI is InChI=1S/C32H22Cl3F6N3O3/c1-47-18-6-2-15(3-7-18)14-42-28-23(37)10-11-24(27(28)38)44-29(45)19-13-17(5-8-21(19)33)43-30(46)26-25(31(26,34)35)16-4-9-22(36)20(12-16)32(39,40)41/h2-13,25-26,42H,14H2,1H3,(H,43,46)(H,44,45). The monoisotopic (exact) mass is 715 g/mol. The predicted octanol–water partition coefficient (Wildman–Crippen LogP) is 9.18. The SMILES string of the molecule is COc1ccc(CNc2c(F)ccc(NC(=O)c3cc(NC(=O)C4C(c5ccc(F)c(C(F)(F)F)c5)C4(Cl)Cl)ccc3Cl)c2F)cc1. The maximum absolute atomic E-state index is 15.3. The molecular weight excluding hydrogens is 695 g/mol. The lowest BCUT2D eigenvalue weighted by Crippen LogP contribution is -2.18. The van der Waals surface area contributed by atoms with Crippen LogP contribution in [0.3, 0.4) is 0 Å². The number of alkyl halides is 5. The van der Waals surface area contributed by atoms with E-state index in [4.69, 9.17) is 39.5 Å². The van der Waals surface area contributed by atoms with Crippen molar-refractivity contribution in [2.45, 2.75) is 23.0 Å². The molecule has 0 spiro atoms. The third-order valence-corrected chi connectivity index (χ3v) is 8.71. The molecule has 2 atom stereocenters. The molecule has 47 heavy (non-hydrogen) atoms. The number of ether oxygens (including phenoxy) is 1. The highest BCUT2D eigenvalue weighted by Gasteiger charge is 2.67. The average molecular weight is 717 g/mol. The first-order valence-corrected chi connectivity index (χ1v) is 14.8. The summed E-state index contributed by atoms with van der Waals surface area (Å²) in [6.45, 7) is 0.0567. The van der Waals surface area contributed by atoms with E-state index >= 15 is 4.39 Å². The van der Waals surface area contributed by atoms with Gasteiger partial charge in [-0.1, -0.05) is 29.8 Å². The molecule has 6 nitrogen and oxygen atoms in total. The number of nitrogens with one attached hydrogen (secondary N) is 3. The van der Waals surface area contributed by atoms with E-state index in [1.54, 1.807) is 24.3 Å². The molecule has 0 aromatic heterocycles. The first-order valence-electron chi connectivity index (χ1n) is 13.6. The molecule has 1 saturated carbocycles. The number of hydrogen-bond donors (Lipinski definition) is 3. The first kappa shape index (κ1) is 34.2. The summed E-state index contributed by atoms with van der Waals surface area (Å²) < 4.78 is 86.6. The molecule has 0 aliphatic heterocycles. The summed E-state index contributed by atoms with van der Waals surface area (Å²) in [5.41, 5.74) is -1.96. The van der Waals surface area contributed by atoms with Crippen LogP contribution < -0.4 is 20.7 Å². The zero-order chi connectivity index (χ0) is 34.3. The van der Waals surface area contributed by atoms with Gasteiger partial charge in [-0.05, 0) is 65.7 Å². The van der Waals surface area contributed by atoms with Crippen molar-refractivity contribution in [1.29, 1.82) is 0 Å². The van der Waals surface area contributed by atoms with Gasteiger partial charge in [0.1, 0.15) is 27.4 Å². The molecule has 0 heterocycles. The zero-order valence-corrected chi connectivity index (χ0v) is 26.2. The quantitative estimate of drug-likeness (QED) is 0.119. The van der Waals surface area contributed by atoms with E-state index in [1.807, 2.05) is 0 Å². The molecule has 246 valence electrons. The molecule has 3 N–H and O–H groups in total. The average Bonchev–Trinajstić information content (AvgIpc) is 3.60. The third-order valence-electron chi connectivity index (χ3n) is 7.44. The molecule has 0 saturated heterocycles. The summed E-state index contributed by atoms with van der Waals surface area (Å²) in [6.07, 6.45) is -4.99. The molecule has 1 fully saturated rings. The van der Waals surface area contributed by atoms with Gasteiger partial charge in [-0.15, -0.1) is 23.2 Å². The van der Waals surface area contributed by atoms with Crippen LogP contribution in [0, 0.1) is 23.4 Å². The normalized spacial score (nSPS) is 16.7. The van der Waals surface area contributed by atoms with Crippen molar-refractivity contribution in [3.05, 3.63) is 118 Å². The van der Waals surface area contributed by atoms with Gasteiger partial charge in [-0.2, -0.15) is 13.2 Å². The highest BCUT2D eigenvalue weighted by Crippen LogP contribution is 2.65. The minimum atomic E-state index is -4.99. The van der Waals surface area contributed by atoms with Gasteiger partial charge in [0.15, 0.2) is 5.82 Å². The van der Waals surface area contributed by atoms with Crippen molar-refractivity contribution < 1.29 is 40.7 Å². The number of carbonyl (C=O) groups excluding carboxylic acids is 2. The number of carbonyl (C=O) groups is 2. The lowest BCUT2D eigenvalue weighted by molar-refractivity contribution is -0.140. The van der Waals surface area contributed by atoms with Crippen LogP contribution in [0.2, 0.25) is 5.02 Å². The van der Waals surface area contributed by atoms with Crippen LogP contribution in [0.1, 0.15) is 33.0 Å². The second-order valence-corrected chi connectivity index (χ2v) is 12.3. The first-order chi connectivity index (χ1) is 22.1. The van der Waals surface area contributed by atoms with Gasteiger partial charge in [0.2, 0.25) is 5.91 Å². The summed E-state index contributed by atoms with van der Waals surface area (Å²) in [5, 5.41) is 7.40. The Balaban J connectivity index is 1.29. The zero-order valence-electron chi connectivity index (χ0n) is 23.9. The second-order valence-electron chi connectivity index (χ2n) is 10.5. The van der Waals surface area contributed by atoms with Crippen LogP contribution in [0.15, 0.2) is 72.8 Å². The van der Waals surface area contributed by atoms with E-state index in [2.05, 4.69) is 16.0 Å². The molecule has 1 aliphatic rings.